The second-order valence-corrected chi connectivity index (χ2v) is 21.4. The van der Waals surface area contributed by atoms with E-state index in [4.69, 9.17) is 18.5 Å². The Kier molecular flexibility index (Phi) is 47.0. The number of likely N-dealkylation sites (N-methyl/N-ethyl adjacent to an activating group) is 1. The van der Waals surface area contributed by atoms with Crippen molar-refractivity contribution in [2.45, 2.75) is 264 Å². The number of unbranched alkanes of at least 4 members (excludes halogenated alkanes) is 31. The average molecular weight is 953 g/mol. The van der Waals surface area contributed by atoms with Crippen molar-refractivity contribution in [3.8, 4) is 0 Å². The molecule has 9 nitrogen and oxygen atoms in total. The van der Waals surface area contributed by atoms with Crippen LogP contribution in [0, 0.1) is 0 Å². The first kappa shape index (κ1) is 64.2. The zero-order valence-electron chi connectivity index (χ0n) is 43.9. The first-order chi connectivity index (χ1) is 32.0. The molecule has 0 saturated heterocycles. The van der Waals surface area contributed by atoms with Gasteiger partial charge >= 0.3 is 19.8 Å². The Labute approximate surface area is 408 Å². The van der Waals surface area contributed by atoms with E-state index in [-0.39, 0.29) is 32.0 Å². The smallest absolute Gasteiger partial charge is 0.462 e. The molecule has 0 aliphatic heterocycles. The van der Waals surface area contributed by atoms with Crippen molar-refractivity contribution in [2.75, 3.05) is 47.5 Å². The molecule has 0 aliphatic rings. The van der Waals surface area contributed by atoms with Crippen LogP contribution >= 0.6 is 7.82 Å². The monoisotopic (exact) mass is 953 g/mol. The summed E-state index contributed by atoms with van der Waals surface area (Å²) in [5.74, 6) is -0.802. The van der Waals surface area contributed by atoms with Crippen molar-refractivity contribution < 1.29 is 42.1 Å². The van der Waals surface area contributed by atoms with E-state index in [0.29, 0.717) is 17.4 Å². The van der Waals surface area contributed by atoms with Gasteiger partial charge in [-0.15, -0.1) is 0 Å². The first-order valence-corrected chi connectivity index (χ1v) is 29.2. The number of carbonyl (C=O) groups is 2. The molecule has 0 bridgehead atoms. The highest BCUT2D eigenvalue weighted by Crippen LogP contribution is 2.43. The third-order valence-corrected chi connectivity index (χ3v) is 13.2. The Hall–Kier alpha value is -1.77. The fourth-order valence-electron chi connectivity index (χ4n) is 7.85. The van der Waals surface area contributed by atoms with Gasteiger partial charge in [-0.05, 0) is 51.4 Å². The first-order valence-electron chi connectivity index (χ1n) is 27.7. The van der Waals surface area contributed by atoms with Gasteiger partial charge < -0.3 is 18.9 Å². The number of hydrogen-bond acceptors (Lipinski definition) is 7. The number of quaternary nitrogens is 1. The Bertz CT molecular complexity index is 1210. The lowest BCUT2D eigenvalue weighted by Gasteiger charge is -2.24. The number of ether oxygens (including phenoxy) is 2. The van der Waals surface area contributed by atoms with Crippen LogP contribution in [0.25, 0.3) is 0 Å². The summed E-state index contributed by atoms with van der Waals surface area (Å²) in [6.07, 6.45) is 58.7. The van der Waals surface area contributed by atoms with Crippen molar-refractivity contribution in [1.82, 2.24) is 0 Å². The number of carbonyl (C=O) groups excluding carboxylic acids is 2. The largest absolute Gasteiger partial charge is 0.472 e. The lowest BCUT2D eigenvalue weighted by atomic mass is 10.0. The topological polar surface area (TPSA) is 108 Å². The SMILES string of the molecule is CCCCCCC/C=C\C/C=C\C/C=C\CCCCCCCCCCCCCCCCCCCCCCCCC(=O)OC(COC(=O)CCCCCCC)COP(=O)(O)OCC[N+](C)(C)C. The molecule has 0 heterocycles. The molecular weight excluding hydrogens is 846 g/mol. The molecule has 0 saturated carbocycles. The molecule has 0 aromatic heterocycles. The quantitative estimate of drug-likeness (QED) is 0.0211. The number of allylic oxidation sites excluding steroid dienone is 6. The molecule has 0 radical (unpaired) electrons. The zero-order valence-corrected chi connectivity index (χ0v) is 44.8. The summed E-state index contributed by atoms with van der Waals surface area (Å²) in [5.41, 5.74) is 0. The highest BCUT2D eigenvalue weighted by atomic mass is 31.2. The maximum atomic E-state index is 12.7. The molecule has 2 atom stereocenters. The molecular formula is C56H107NO8P+. The van der Waals surface area contributed by atoms with E-state index in [1.54, 1.807) is 0 Å². The van der Waals surface area contributed by atoms with Crippen LogP contribution in [-0.4, -0.2) is 74.9 Å². The normalized spacial score (nSPS) is 13.6. The van der Waals surface area contributed by atoms with Gasteiger partial charge in [0.2, 0.25) is 0 Å². The summed E-state index contributed by atoms with van der Waals surface area (Å²) in [7, 11) is 1.49. The van der Waals surface area contributed by atoms with Crippen LogP contribution in [0.3, 0.4) is 0 Å². The van der Waals surface area contributed by atoms with Crippen molar-refractivity contribution in [2.24, 2.45) is 0 Å². The predicted molar refractivity (Wildman–Crippen MR) is 280 cm³/mol. The fourth-order valence-corrected chi connectivity index (χ4v) is 8.59. The van der Waals surface area contributed by atoms with E-state index >= 15 is 0 Å². The van der Waals surface area contributed by atoms with Gasteiger partial charge in [-0.3, -0.25) is 18.6 Å². The van der Waals surface area contributed by atoms with E-state index in [0.717, 1.165) is 57.8 Å². The molecule has 0 rings (SSSR count). The van der Waals surface area contributed by atoms with Crippen LogP contribution < -0.4 is 0 Å². The summed E-state index contributed by atoms with van der Waals surface area (Å²) in [4.78, 5) is 35.1. The maximum Gasteiger partial charge on any atom is 0.472 e. The number of phosphoric acid groups is 1. The van der Waals surface area contributed by atoms with Gasteiger partial charge in [-0.1, -0.05) is 230 Å². The number of hydrogen-bond donors (Lipinski definition) is 1. The highest BCUT2D eigenvalue weighted by molar-refractivity contribution is 7.47. The lowest BCUT2D eigenvalue weighted by Crippen LogP contribution is -2.37. The zero-order chi connectivity index (χ0) is 48.5. The van der Waals surface area contributed by atoms with Crippen LogP contribution in [0.1, 0.15) is 258 Å². The van der Waals surface area contributed by atoms with Gasteiger partial charge in [-0.2, -0.15) is 0 Å². The second-order valence-electron chi connectivity index (χ2n) is 20.0. The Balaban J connectivity index is 3.77. The molecule has 66 heavy (non-hydrogen) atoms. The van der Waals surface area contributed by atoms with Crippen LogP contribution in [0.15, 0.2) is 36.5 Å². The summed E-state index contributed by atoms with van der Waals surface area (Å²) in [5, 5.41) is 0. The minimum Gasteiger partial charge on any atom is -0.462 e. The lowest BCUT2D eigenvalue weighted by molar-refractivity contribution is -0.870. The average Bonchev–Trinajstić information content (AvgIpc) is 3.27. The van der Waals surface area contributed by atoms with Gasteiger partial charge in [0.25, 0.3) is 0 Å². The van der Waals surface area contributed by atoms with Crippen molar-refractivity contribution in [3.63, 3.8) is 0 Å². The van der Waals surface area contributed by atoms with Crippen molar-refractivity contribution >= 4 is 19.8 Å². The van der Waals surface area contributed by atoms with Crippen LogP contribution in [0.5, 0.6) is 0 Å². The van der Waals surface area contributed by atoms with E-state index < -0.39 is 26.5 Å². The van der Waals surface area contributed by atoms with Gasteiger partial charge in [0, 0.05) is 12.8 Å². The molecule has 0 fully saturated rings. The predicted octanol–water partition coefficient (Wildman–Crippen LogP) is 16.8. The Morgan fingerprint density at radius 2 is 0.818 bits per heavy atom. The Morgan fingerprint density at radius 3 is 1.21 bits per heavy atom. The number of phosphoric ester groups is 1. The van der Waals surface area contributed by atoms with E-state index in [1.165, 1.54) is 167 Å². The molecule has 1 N–H and O–H groups in total. The van der Waals surface area contributed by atoms with Crippen LogP contribution in [-0.2, 0) is 32.7 Å². The van der Waals surface area contributed by atoms with Crippen LogP contribution in [0.4, 0.5) is 0 Å². The maximum absolute atomic E-state index is 12.7. The second kappa shape index (κ2) is 48.3. The van der Waals surface area contributed by atoms with Gasteiger partial charge in [-0.25, -0.2) is 4.57 Å². The minimum atomic E-state index is -4.36. The third kappa shape index (κ3) is 51.6. The Morgan fingerprint density at radius 1 is 0.470 bits per heavy atom. The standard InChI is InChI=1S/C56H106NO8P/c1-6-8-10-12-13-14-15-16-17-18-19-20-21-22-23-24-25-26-27-28-29-30-31-32-33-34-35-36-37-38-39-40-41-42-43-45-47-49-56(59)65-54(52-62-55(58)48-46-44-11-9-7-2)53-64-66(60,61)63-51-50-57(3,4)5/h15-16,18-19,21-22,54H,6-14,17,20,23-53H2,1-5H3/p+1/b16-15-,19-18-,22-21-. The van der Waals surface area contributed by atoms with Gasteiger partial charge in [0.1, 0.15) is 19.8 Å². The molecule has 0 amide bonds. The van der Waals surface area contributed by atoms with E-state index in [9.17, 15) is 19.0 Å². The molecule has 388 valence electrons. The van der Waals surface area contributed by atoms with E-state index in [1.807, 2.05) is 21.1 Å². The molecule has 0 spiro atoms. The number of nitrogens with zero attached hydrogens (tertiary/aromatic N) is 1. The summed E-state index contributed by atoms with van der Waals surface area (Å²) in [6, 6.07) is 0. The molecule has 0 aromatic rings. The summed E-state index contributed by atoms with van der Waals surface area (Å²) >= 11 is 0. The fraction of sp³-hybridized carbons (Fsp3) is 0.857. The molecule has 10 heteroatoms. The van der Waals surface area contributed by atoms with Crippen molar-refractivity contribution in [1.29, 1.82) is 0 Å². The molecule has 0 aromatic carbocycles. The highest BCUT2D eigenvalue weighted by Gasteiger charge is 2.27. The third-order valence-electron chi connectivity index (χ3n) is 12.2. The molecule has 0 aliphatic carbocycles. The van der Waals surface area contributed by atoms with Gasteiger partial charge in [0.15, 0.2) is 6.10 Å². The molecule has 2 unspecified atom stereocenters. The van der Waals surface area contributed by atoms with E-state index in [2.05, 4.69) is 50.3 Å². The van der Waals surface area contributed by atoms with Crippen LogP contribution in [0.2, 0.25) is 0 Å². The van der Waals surface area contributed by atoms with Crippen molar-refractivity contribution in [3.05, 3.63) is 36.5 Å². The summed E-state index contributed by atoms with van der Waals surface area (Å²) in [6.45, 7) is 4.34. The number of rotatable bonds is 51. The van der Waals surface area contributed by atoms with Gasteiger partial charge in [0.05, 0.1) is 27.7 Å². The minimum absolute atomic E-state index is 0.0339. The number of esters is 2. The summed E-state index contributed by atoms with van der Waals surface area (Å²) < 4.78 is 34.2.